The van der Waals surface area contributed by atoms with Gasteiger partial charge in [0.1, 0.15) is 0 Å². The third-order valence-electron chi connectivity index (χ3n) is 1.51. The van der Waals surface area contributed by atoms with Crippen molar-refractivity contribution >= 4 is 17.8 Å². The number of benzene rings is 1. The zero-order valence-electron chi connectivity index (χ0n) is 6.99. The number of hydrazone groups is 1. The zero-order chi connectivity index (χ0) is 9.84. The van der Waals surface area contributed by atoms with Crippen molar-refractivity contribution in [3.8, 4) is 11.5 Å². The van der Waals surface area contributed by atoms with Gasteiger partial charge >= 0.3 is 0 Å². The minimum atomic E-state index is -0.0123. The van der Waals surface area contributed by atoms with Gasteiger partial charge < -0.3 is 15.7 Å². The maximum Gasteiger partial charge on any atom is 0.161 e. The molecule has 4 nitrogen and oxygen atoms in total. The molecule has 1 rings (SSSR count). The Morgan fingerprint density at radius 2 is 2.31 bits per heavy atom. The van der Waals surface area contributed by atoms with E-state index in [1.165, 1.54) is 19.4 Å². The van der Waals surface area contributed by atoms with Gasteiger partial charge in [-0.1, -0.05) is 11.6 Å². The summed E-state index contributed by atoms with van der Waals surface area (Å²) in [4.78, 5) is 0. The fourth-order valence-electron chi connectivity index (χ4n) is 0.901. The van der Waals surface area contributed by atoms with Crippen LogP contribution in [0.1, 0.15) is 5.56 Å². The van der Waals surface area contributed by atoms with Crippen molar-refractivity contribution in [2.45, 2.75) is 0 Å². The lowest BCUT2D eigenvalue weighted by atomic mass is 10.2. The van der Waals surface area contributed by atoms with E-state index in [-0.39, 0.29) is 5.75 Å². The number of nitrogens with zero attached hydrogens (tertiary/aromatic N) is 1. The van der Waals surface area contributed by atoms with Gasteiger partial charge in [0.25, 0.3) is 0 Å². The van der Waals surface area contributed by atoms with Gasteiger partial charge in [0, 0.05) is 11.6 Å². The molecule has 0 atom stereocenters. The zero-order valence-corrected chi connectivity index (χ0v) is 7.75. The molecule has 0 aromatic heterocycles. The van der Waals surface area contributed by atoms with Crippen molar-refractivity contribution < 1.29 is 9.84 Å². The maximum absolute atomic E-state index is 9.30. The smallest absolute Gasteiger partial charge is 0.161 e. The van der Waals surface area contributed by atoms with Crippen LogP contribution in [-0.2, 0) is 0 Å². The number of rotatable bonds is 2. The standard InChI is InChI=1S/C8H9ClN2O2/c1-13-8-2-5(4-11-10)6(9)3-7(8)12/h2-4,12H,10H2,1H3. The van der Waals surface area contributed by atoms with Gasteiger partial charge in [-0.3, -0.25) is 0 Å². The number of phenolic OH excluding ortho intramolecular Hbond substituents is 1. The molecule has 1 aromatic carbocycles. The van der Waals surface area contributed by atoms with Crippen LogP contribution in [0.25, 0.3) is 0 Å². The molecule has 3 N–H and O–H groups in total. The van der Waals surface area contributed by atoms with E-state index in [9.17, 15) is 5.11 Å². The summed E-state index contributed by atoms with van der Waals surface area (Å²) in [6.07, 6.45) is 1.38. The summed E-state index contributed by atoms with van der Waals surface area (Å²) in [5.74, 6) is 5.29. The second-order valence-electron chi connectivity index (χ2n) is 2.32. The number of halogens is 1. The van der Waals surface area contributed by atoms with Crippen LogP contribution in [0.4, 0.5) is 0 Å². The predicted molar refractivity (Wildman–Crippen MR) is 51.5 cm³/mol. The van der Waals surface area contributed by atoms with Gasteiger partial charge in [0.05, 0.1) is 18.3 Å². The molecule has 0 saturated heterocycles. The lowest BCUT2D eigenvalue weighted by molar-refractivity contribution is 0.373. The first-order valence-electron chi connectivity index (χ1n) is 3.48. The minimum absolute atomic E-state index is 0.0123. The van der Waals surface area contributed by atoms with Crippen LogP contribution in [-0.4, -0.2) is 18.4 Å². The molecule has 13 heavy (non-hydrogen) atoms. The first kappa shape index (κ1) is 9.67. The highest BCUT2D eigenvalue weighted by Gasteiger charge is 2.06. The Balaban J connectivity index is 3.22. The molecule has 0 heterocycles. The highest BCUT2D eigenvalue weighted by Crippen LogP contribution is 2.31. The van der Waals surface area contributed by atoms with Crippen molar-refractivity contribution in [3.05, 3.63) is 22.7 Å². The van der Waals surface area contributed by atoms with Gasteiger partial charge in [-0.05, 0) is 6.07 Å². The molecule has 0 radical (unpaired) electrons. The van der Waals surface area contributed by atoms with E-state index in [1.54, 1.807) is 6.07 Å². The Hall–Kier alpha value is -1.42. The maximum atomic E-state index is 9.30. The van der Waals surface area contributed by atoms with Crippen molar-refractivity contribution in [2.24, 2.45) is 10.9 Å². The first-order chi connectivity index (χ1) is 6.19. The van der Waals surface area contributed by atoms with E-state index in [0.29, 0.717) is 16.3 Å². The fraction of sp³-hybridized carbons (Fsp3) is 0.125. The average Bonchev–Trinajstić information content (AvgIpc) is 2.10. The van der Waals surface area contributed by atoms with Crippen LogP contribution < -0.4 is 10.6 Å². The Kier molecular flexibility index (Phi) is 2.97. The van der Waals surface area contributed by atoms with Crippen molar-refractivity contribution in [1.82, 2.24) is 0 Å². The van der Waals surface area contributed by atoms with Gasteiger partial charge in [0.2, 0.25) is 0 Å². The lowest BCUT2D eigenvalue weighted by Gasteiger charge is -2.05. The van der Waals surface area contributed by atoms with E-state index >= 15 is 0 Å². The number of phenols is 1. The van der Waals surface area contributed by atoms with E-state index in [2.05, 4.69) is 5.10 Å². The molecule has 0 unspecified atom stereocenters. The Bertz CT molecular complexity index is 339. The van der Waals surface area contributed by atoms with E-state index in [0.717, 1.165) is 0 Å². The molecule has 0 fully saturated rings. The van der Waals surface area contributed by atoms with Crippen LogP contribution in [0.15, 0.2) is 17.2 Å². The third-order valence-corrected chi connectivity index (χ3v) is 1.84. The summed E-state index contributed by atoms with van der Waals surface area (Å²) < 4.78 is 4.88. The van der Waals surface area contributed by atoms with Gasteiger partial charge in [-0.25, -0.2) is 0 Å². The van der Waals surface area contributed by atoms with E-state index in [1.807, 2.05) is 0 Å². The van der Waals surface area contributed by atoms with Crippen molar-refractivity contribution in [3.63, 3.8) is 0 Å². The Labute approximate surface area is 80.6 Å². The molecule has 0 amide bonds. The third kappa shape index (κ3) is 2.03. The molecule has 1 aromatic rings. The largest absolute Gasteiger partial charge is 0.504 e. The molecule has 0 spiro atoms. The van der Waals surface area contributed by atoms with Crippen LogP contribution in [0.5, 0.6) is 11.5 Å². The van der Waals surface area contributed by atoms with Crippen molar-refractivity contribution in [2.75, 3.05) is 7.11 Å². The summed E-state index contributed by atoms with van der Waals surface area (Å²) in [6.45, 7) is 0. The minimum Gasteiger partial charge on any atom is -0.504 e. The lowest BCUT2D eigenvalue weighted by Crippen LogP contribution is -1.90. The number of nitrogens with two attached hydrogens (primary N) is 1. The van der Waals surface area contributed by atoms with Crippen molar-refractivity contribution in [1.29, 1.82) is 0 Å². The number of methoxy groups -OCH3 is 1. The monoisotopic (exact) mass is 200 g/mol. The van der Waals surface area contributed by atoms with Crippen LogP contribution in [0, 0.1) is 0 Å². The highest BCUT2D eigenvalue weighted by molar-refractivity contribution is 6.33. The van der Waals surface area contributed by atoms with Gasteiger partial charge in [-0.15, -0.1) is 0 Å². The SMILES string of the molecule is COc1cc(C=NN)c(Cl)cc1O. The second-order valence-corrected chi connectivity index (χ2v) is 2.73. The number of hydrogen-bond acceptors (Lipinski definition) is 4. The van der Waals surface area contributed by atoms with Crippen LogP contribution >= 0.6 is 11.6 Å². The summed E-state index contributed by atoms with van der Waals surface area (Å²) in [6, 6.07) is 2.92. The number of hydrogen-bond donors (Lipinski definition) is 2. The average molecular weight is 201 g/mol. The molecule has 70 valence electrons. The first-order valence-corrected chi connectivity index (χ1v) is 3.86. The molecular formula is C8H9ClN2O2. The van der Waals surface area contributed by atoms with Gasteiger partial charge in [0.15, 0.2) is 11.5 Å². The summed E-state index contributed by atoms with van der Waals surface area (Å²) in [5, 5.41) is 13.0. The molecular weight excluding hydrogens is 192 g/mol. The van der Waals surface area contributed by atoms with E-state index in [4.69, 9.17) is 22.2 Å². The normalized spacial score (nSPS) is 10.6. The fourth-order valence-corrected chi connectivity index (χ4v) is 1.11. The quantitative estimate of drug-likeness (QED) is 0.430. The predicted octanol–water partition coefficient (Wildman–Crippen LogP) is 1.35. The van der Waals surface area contributed by atoms with Crippen LogP contribution in [0.2, 0.25) is 5.02 Å². The highest BCUT2D eigenvalue weighted by atomic mass is 35.5. The molecule has 0 bridgehead atoms. The molecule has 0 saturated carbocycles. The molecule has 0 aliphatic rings. The topological polar surface area (TPSA) is 67.8 Å². The number of ether oxygens (including phenoxy) is 1. The van der Waals surface area contributed by atoms with E-state index < -0.39 is 0 Å². The summed E-state index contributed by atoms with van der Waals surface area (Å²) >= 11 is 5.77. The molecule has 5 heteroatoms. The molecule has 0 aliphatic carbocycles. The summed E-state index contributed by atoms with van der Waals surface area (Å²) in [5.41, 5.74) is 0.596. The van der Waals surface area contributed by atoms with Gasteiger partial charge in [-0.2, -0.15) is 5.10 Å². The second kappa shape index (κ2) is 4.00. The summed E-state index contributed by atoms with van der Waals surface area (Å²) in [7, 11) is 1.45. The Morgan fingerprint density at radius 3 is 2.85 bits per heavy atom. The Morgan fingerprint density at radius 1 is 1.62 bits per heavy atom. The van der Waals surface area contributed by atoms with Crippen LogP contribution in [0.3, 0.4) is 0 Å². The number of aromatic hydroxyl groups is 1. The molecule has 0 aliphatic heterocycles.